The SMILES string of the molecule is NC(=O)c1ccccc1/N=C/c1ccc(Br)s1. The summed E-state index contributed by atoms with van der Waals surface area (Å²) in [6, 6.07) is 10.9. The number of amides is 1. The fourth-order valence-corrected chi connectivity index (χ4v) is 2.62. The predicted octanol–water partition coefficient (Wildman–Crippen LogP) is 3.36. The Morgan fingerprint density at radius 2 is 2.06 bits per heavy atom. The van der Waals surface area contributed by atoms with Crippen LogP contribution in [0.4, 0.5) is 5.69 Å². The van der Waals surface area contributed by atoms with Gasteiger partial charge in [0, 0.05) is 11.1 Å². The summed E-state index contributed by atoms with van der Waals surface area (Å²) in [5.41, 5.74) is 6.29. The first-order valence-electron chi connectivity index (χ1n) is 4.85. The van der Waals surface area contributed by atoms with Gasteiger partial charge < -0.3 is 5.73 Å². The third-order valence-corrected chi connectivity index (χ3v) is 3.65. The maximum atomic E-state index is 11.2. The number of benzene rings is 1. The second kappa shape index (κ2) is 5.25. The van der Waals surface area contributed by atoms with Gasteiger partial charge in [-0.3, -0.25) is 9.79 Å². The molecule has 0 fully saturated rings. The zero-order valence-electron chi connectivity index (χ0n) is 8.76. The van der Waals surface area contributed by atoms with Crippen molar-refractivity contribution in [1.82, 2.24) is 0 Å². The molecule has 2 N–H and O–H groups in total. The highest BCUT2D eigenvalue weighted by Gasteiger charge is 2.05. The highest BCUT2D eigenvalue weighted by atomic mass is 79.9. The van der Waals surface area contributed by atoms with E-state index in [1.54, 1.807) is 35.8 Å². The monoisotopic (exact) mass is 308 g/mol. The van der Waals surface area contributed by atoms with Crippen molar-refractivity contribution >= 4 is 45.1 Å². The first-order chi connectivity index (χ1) is 8.16. The number of aliphatic imine (C=N–C) groups is 1. The molecule has 5 heteroatoms. The lowest BCUT2D eigenvalue weighted by atomic mass is 10.2. The molecule has 0 aliphatic carbocycles. The molecule has 0 saturated carbocycles. The van der Waals surface area contributed by atoms with E-state index in [2.05, 4.69) is 20.9 Å². The van der Waals surface area contributed by atoms with Crippen LogP contribution in [0.15, 0.2) is 45.2 Å². The molecule has 1 aromatic carbocycles. The number of primary amides is 1. The Morgan fingerprint density at radius 3 is 2.71 bits per heavy atom. The number of carbonyl (C=O) groups is 1. The Hall–Kier alpha value is -1.46. The maximum Gasteiger partial charge on any atom is 0.250 e. The minimum atomic E-state index is -0.467. The quantitative estimate of drug-likeness (QED) is 0.868. The topological polar surface area (TPSA) is 55.5 Å². The minimum Gasteiger partial charge on any atom is -0.366 e. The van der Waals surface area contributed by atoms with Crippen molar-refractivity contribution in [2.45, 2.75) is 0 Å². The molecular weight excluding hydrogens is 300 g/mol. The fourth-order valence-electron chi connectivity index (χ4n) is 1.33. The second-order valence-corrected chi connectivity index (χ2v) is 5.78. The number of para-hydroxylation sites is 1. The van der Waals surface area contributed by atoms with E-state index >= 15 is 0 Å². The third-order valence-electron chi connectivity index (χ3n) is 2.09. The van der Waals surface area contributed by atoms with Gasteiger partial charge in [-0.05, 0) is 40.2 Å². The van der Waals surface area contributed by atoms with Crippen molar-refractivity contribution in [1.29, 1.82) is 0 Å². The highest BCUT2D eigenvalue weighted by Crippen LogP contribution is 2.22. The standard InChI is InChI=1S/C12H9BrN2OS/c13-11-6-5-8(17-11)7-15-10-4-2-1-3-9(10)12(14)16/h1-7H,(H2,14,16)/b15-7+. The van der Waals surface area contributed by atoms with Crippen molar-refractivity contribution in [2.75, 3.05) is 0 Å². The molecule has 86 valence electrons. The number of hydrogen-bond donors (Lipinski definition) is 1. The Balaban J connectivity index is 2.30. The van der Waals surface area contributed by atoms with E-state index in [1.165, 1.54) is 0 Å². The predicted molar refractivity (Wildman–Crippen MR) is 74.2 cm³/mol. The molecule has 2 aromatic rings. The van der Waals surface area contributed by atoms with Crippen LogP contribution in [0.2, 0.25) is 0 Å². The molecule has 0 saturated heterocycles. The fraction of sp³-hybridized carbons (Fsp3) is 0. The number of nitrogens with zero attached hydrogens (tertiary/aromatic N) is 1. The van der Waals surface area contributed by atoms with E-state index in [0.29, 0.717) is 11.3 Å². The Morgan fingerprint density at radius 1 is 1.29 bits per heavy atom. The molecule has 0 unspecified atom stereocenters. The minimum absolute atomic E-state index is 0.430. The lowest BCUT2D eigenvalue weighted by Crippen LogP contribution is -2.10. The average molecular weight is 309 g/mol. The average Bonchev–Trinajstić information content (AvgIpc) is 2.73. The van der Waals surface area contributed by atoms with Crippen LogP contribution < -0.4 is 5.73 Å². The summed E-state index contributed by atoms with van der Waals surface area (Å²) in [5, 5.41) is 0. The number of rotatable bonds is 3. The second-order valence-electron chi connectivity index (χ2n) is 3.28. The maximum absolute atomic E-state index is 11.2. The molecule has 0 aliphatic rings. The zero-order chi connectivity index (χ0) is 12.3. The molecule has 2 rings (SSSR count). The lowest BCUT2D eigenvalue weighted by molar-refractivity contribution is 0.100. The van der Waals surface area contributed by atoms with E-state index < -0.39 is 5.91 Å². The van der Waals surface area contributed by atoms with Gasteiger partial charge in [0.1, 0.15) is 0 Å². The molecule has 1 heterocycles. The summed E-state index contributed by atoms with van der Waals surface area (Å²) in [5.74, 6) is -0.467. The van der Waals surface area contributed by atoms with Crippen molar-refractivity contribution < 1.29 is 4.79 Å². The van der Waals surface area contributed by atoms with Gasteiger partial charge in [-0.1, -0.05) is 12.1 Å². The summed E-state index contributed by atoms with van der Waals surface area (Å²) in [6.45, 7) is 0. The first kappa shape index (κ1) is 12.0. The van der Waals surface area contributed by atoms with Crippen LogP contribution in [0, 0.1) is 0 Å². The van der Waals surface area contributed by atoms with Crippen LogP contribution in [0.25, 0.3) is 0 Å². The molecular formula is C12H9BrN2OS. The van der Waals surface area contributed by atoms with Crippen LogP contribution in [0.5, 0.6) is 0 Å². The smallest absolute Gasteiger partial charge is 0.250 e. The number of thiophene rings is 1. The van der Waals surface area contributed by atoms with Gasteiger partial charge in [0.25, 0.3) is 5.91 Å². The highest BCUT2D eigenvalue weighted by molar-refractivity contribution is 9.11. The van der Waals surface area contributed by atoms with E-state index in [-0.39, 0.29) is 0 Å². The number of nitrogens with two attached hydrogens (primary N) is 1. The van der Waals surface area contributed by atoms with E-state index in [0.717, 1.165) is 8.66 Å². The molecule has 0 atom stereocenters. The van der Waals surface area contributed by atoms with Gasteiger partial charge in [0.15, 0.2) is 0 Å². The molecule has 17 heavy (non-hydrogen) atoms. The van der Waals surface area contributed by atoms with Gasteiger partial charge in [-0.25, -0.2) is 0 Å². The zero-order valence-corrected chi connectivity index (χ0v) is 11.2. The van der Waals surface area contributed by atoms with Crippen molar-refractivity contribution in [3.63, 3.8) is 0 Å². The van der Waals surface area contributed by atoms with Gasteiger partial charge in [-0.15, -0.1) is 11.3 Å². The largest absolute Gasteiger partial charge is 0.366 e. The molecule has 0 radical (unpaired) electrons. The molecule has 0 aliphatic heterocycles. The van der Waals surface area contributed by atoms with E-state index in [1.807, 2.05) is 18.2 Å². The van der Waals surface area contributed by atoms with Crippen LogP contribution in [0.3, 0.4) is 0 Å². The first-order valence-corrected chi connectivity index (χ1v) is 6.46. The third kappa shape index (κ3) is 3.01. The molecule has 1 aromatic heterocycles. The van der Waals surface area contributed by atoms with Crippen molar-refractivity contribution in [3.8, 4) is 0 Å². The van der Waals surface area contributed by atoms with Gasteiger partial charge in [0.2, 0.25) is 0 Å². The number of carbonyl (C=O) groups excluding carboxylic acids is 1. The normalized spacial score (nSPS) is 10.9. The summed E-state index contributed by atoms with van der Waals surface area (Å²) in [7, 11) is 0. The lowest BCUT2D eigenvalue weighted by Gasteiger charge is -1.99. The Bertz CT molecular complexity index is 577. The summed E-state index contributed by atoms with van der Waals surface area (Å²) in [4.78, 5) is 16.5. The van der Waals surface area contributed by atoms with Gasteiger partial charge in [0.05, 0.1) is 15.0 Å². The van der Waals surface area contributed by atoms with Crippen molar-refractivity contribution in [3.05, 3.63) is 50.6 Å². The Labute approximate surface area is 111 Å². The Kier molecular flexibility index (Phi) is 3.71. The van der Waals surface area contributed by atoms with Crippen LogP contribution in [-0.4, -0.2) is 12.1 Å². The van der Waals surface area contributed by atoms with Crippen LogP contribution in [0.1, 0.15) is 15.2 Å². The molecule has 3 nitrogen and oxygen atoms in total. The number of hydrogen-bond acceptors (Lipinski definition) is 3. The van der Waals surface area contributed by atoms with Crippen molar-refractivity contribution in [2.24, 2.45) is 10.7 Å². The molecule has 0 bridgehead atoms. The van der Waals surface area contributed by atoms with Crippen LogP contribution in [-0.2, 0) is 0 Å². The molecule has 1 amide bonds. The van der Waals surface area contributed by atoms with Crippen LogP contribution >= 0.6 is 27.3 Å². The number of halogens is 1. The summed E-state index contributed by atoms with van der Waals surface area (Å²) in [6.07, 6.45) is 1.72. The van der Waals surface area contributed by atoms with E-state index in [4.69, 9.17) is 5.73 Å². The van der Waals surface area contributed by atoms with E-state index in [9.17, 15) is 4.79 Å². The molecule has 0 spiro atoms. The van der Waals surface area contributed by atoms with Gasteiger partial charge in [-0.2, -0.15) is 0 Å². The van der Waals surface area contributed by atoms with Gasteiger partial charge >= 0.3 is 0 Å². The summed E-state index contributed by atoms with van der Waals surface area (Å²) < 4.78 is 1.04. The summed E-state index contributed by atoms with van der Waals surface area (Å²) >= 11 is 4.95.